The predicted octanol–water partition coefficient (Wildman–Crippen LogP) is 3.46. The molecule has 0 bridgehead atoms. The van der Waals surface area contributed by atoms with Crippen molar-refractivity contribution in [2.45, 2.75) is 71.3 Å². The Morgan fingerprint density at radius 1 is 1.18 bits per heavy atom. The molecule has 0 aliphatic carbocycles. The van der Waals surface area contributed by atoms with Crippen LogP contribution in [0, 0.1) is 0 Å². The van der Waals surface area contributed by atoms with E-state index < -0.39 is 26.4 Å². The fourth-order valence-corrected chi connectivity index (χ4v) is 3.80. The fraction of sp³-hybridized carbons (Fsp3) is 0.600. The van der Waals surface area contributed by atoms with Gasteiger partial charge in [-0.15, -0.1) is 0 Å². The number of hydrogen-bond acceptors (Lipinski definition) is 5. The van der Waals surface area contributed by atoms with Crippen LogP contribution in [0.4, 0.5) is 0 Å². The summed E-state index contributed by atoms with van der Waals surface area (Å²) in [6.45, 7) is 16.0. The second-order valence-corrected chi connectivity index (χ2v) is 15.3. The molecule has 6 nitrogen and oxygen atoms in total. The molecule has 28 heavy (non-hydrogen) atoms. The van der Waals surface area contributed by atoms with Gasteiger partial charge < -0.3 is 14.0 Å². The Bertz CT molecular complexity index is 857. The first-order chi connectivity index (χ1) is 12.9. The van der Waals surface area contributed by atoms with Crippen molar-refractivity contribution in [3.05, 3.63) is 23.9 Å². The number of benzene rings is 1. The molecule has 0 unspecified atom stereocenters. The minimum atomic E-state index is -1.15. The Morgan fingerprint density at radius 3 is 2.39 bits per heavy atom. The molecule has 0 N–H and O–H groups in total. The summed E-state index contributed by atoms with van der Waals surface area (Å²) in [5.74, 6) is 0. The van der Waals surface area contributed by atoms with Gasteiger partial charge in [0.2, 0.25) is 0 Å². The summed E-state index contributed by atoms with van der Waals surface area (Å²) in [6, 6.07) is 6.87. The highest BCUT2D eigenvalue weighted by Gasteiger charge is 2.51. The molecule has 1 aliphatic heterocycles. The number of ether oxygens (including phenoxy) is 1. The van der Waals surface area contributed by atoms with Crippen molar-refractivity contribution in [1.29, 1.82) is 0 Å². The Hall–Kier alpha value is -1.48. The highest BCUT2D eigenvalue weighted by molar-refractivity contribution is 6.76. The molecule has 152 valence electrons. The summed E-state index contributed by atoms with van der Waals surface area (Å²) in [5.41, 5.74) is 1.34. The molecule has 0 spiro atoms. The van der Waals surface area contributed by atoms with Gasteiger partial charge in [0.1, 0.15) is 12.4 Å². The van der Waals surface area contributed by atoms with Gasteiger partial charge in [-0.2, -0.15) is 5.10 Å². The van der Waals surface area contributed by atoms with E-state index in [4.69, 9.17) is 14.0 Å². The first-order valence-corrected chi connectivity index (χ1v) is 13.5. The molecule has 0 saturated carbocycles. The van der Waals surface area contributed by atoms with Crippen LogP contribution < -0.4 is 5.46 Å². The molecule has 1 aromatic carbocycles. The number of nitrogens with zero attached hydrogens (tertiary/aromatic N) is 2. The number of carbonyl (C=O) groups is 1. The van der Waals surface area contributed by atoms with E-state index in [0.29, 0.717) is 12.3 Å². The van der Waals surface area contributed by atoms with Crippen molar-refractivity contribution in [2.75, 3.05) is 6.61 Å². The SMILES string of the molecule is CC1(C)OB(c2ccc3nn(COCC[Si](C)(C)C)c(C=O)c3c2)OC1(C)C. The predicted molar refractivity (Wildman–Crippen MR) is 115 cm³/mol. The van der Waals surface area contributed by atoms with Crippen molar-refractivity contribution in [3.8, 4) is 0 Å². The molecule has 3 rings (SSSR count). The van der Waals surface area contributed by atoms with E-state index >= 15 is 0 Å². The lowest BCUT2D eigenvalue weighted by Crippen LogP contribution is -2.41. The van der Waals surface area contributed by atoms with Crippen LogP contribution in [-0.4, -0.2) is 49.1 Å². The van der Waals surface area contributed by atoms with E-state index in [1.165, 1.54) is 0 Å². The van der Waals surface area contributed by atoms with E-state index in [1.807, 2.05) is 45.9 Å². The fourth-order valence-electron chi connectivity index (χ4n) is 3.05. The molecule has 2 heterocycles. The van der Waals surface area contributed by atoms with Crippen molar-refractivity contribution < 1.29 is 18.8 Å². The molecule has 0 atom stereocenters. The van der Waals surface area contributed by atoms with Crippen LogP contribution >= 0.6 is 0 Å². The van der Waals surface area contributed by atoms with E-state index in [1.54, 1.807) is 4.68 Å². The van der Waals surface area contributed by atoms with Gasteiger partial charge in [-0.1, -0.05) is 31.8 Å². The number of aldehydes is 1. The summed E-state index contributed by atoms with van der Waals surface area (Å²) < 4.78 is 19.7. The summed E-state index contributed by atoms with van der Waals surface area (Å²) in [6.07, 6.45) is 0.839. The zero-order valence-electron chi connectivity index (χ0n) is 18.0. The molecule has 1 saturated heterocycles. The van der Waals surface area contributed by atoms with Gasteiger partial charge in [-0.05, 0) is 45.3 Å². The standard InChI is InChI=1S/C20H31BN2O4Si/c1-19(2)20(3,4)27-21(26-19)15-8-9-17-16(12-15)18(13-24)23(22-17)14-25-10-11-28(5,6)7/h8-9,12-13H,10-11,14H2,1-7H3. The Balaban J connectivity index is 1.81. The lowest BCUT2D eigenvalue weighted by Gasteiger charge is -2.32. The molecule has 1 fully saturated rings. The normalized spacial score (nSPS) is 18.8. The molecule has 2 aromatic rings. The molecule has 1 aliphatic rings. The van der Waals surface area contributed by atoms with Crippen LogP contribution in [0.2, 0.25) is 25.7 Å². The van der Waals surface area contributed by atoms with Gasteiger partial charge in [0, 0.05) is 20.1 Å². The lowest BCUT2D eigenvalue weighted by atomic mass is 9.78. The van der Waals surface area contributed by atoms with Crippen molar-refractivity contribution in [2.24, 2.45) is 0 Å². The van der Waals surface area contributed by atoms with Crippen molar-refractivity contribution >= 4 is 37.8 Å². The third-order valence-electron chi connectivity index (χ3n) is 5.65. The second kappa shape index (κ2) is 7.41. The third-order valence-corrected chi connectivity index (χ3v) is 7.35. The molecular weight excluding hydrogens is 371 g/mol. The molecule has 8 heteroatoms. The second-order valence-electron chi connectivity index (χ2n) is 9.72. The highest BCUT2D eigenvalue weighted by atomic mass is 28.3. The monoisotopic (exact) mass is 402 g/mol. The average Bonchev–Trinajstić information content (AvgIpc) is 3.03. The molecular formula is C20H31BN2O4Si. The molecule has 0 radical (unpaired) electrons. The summed E-state index contributed by atoms with van der Waals surface area (Å²) in [4.78, 5) is 11.8. The van der Waals surface area contributed by atoms with E-state index in [0.717, 1.165) is 28.7 Å². The first kappa shape index (κ1) is 21.2. The Kier molecular flexibility index (Phi) is 5.62. The van der Waals surface area contributed by atoms with Crippen LogP contribution in [0.25, 0.3) is 10.9 Å². The minimum absolute atomic E-state index is 0.277. The zero-order chi connectivity index (χ0) is 20.7. The van der Waals surface area contributed by atoms with E-state index in [-0.39, 0.29) is 6.73 Å². The number of carbonyl (C=O) groups excluding carboxylic acids is 1. The van der Waals surface area contributed by atoms with Gasteiger partial charge in [0.15, 0.2) is 6.29 Å². The lowest BCUT2D eigenvalue weighted by molar-refractivity contribution is 0.00578. The summed E-state index contributed by atoms with van der Waals surface area (Å²) >= 11 is 0. The van der Waals surface area contributed by atoms with Crippen LogP contribution in [0.15, 0.2) is 18.2 Å². The Labute approximate surface area is 168 Å². The third kappa shape index (κ3) is 4.25. The van der Waals surface area contributed by atoms with Crippen LogP contribution in [0.5, 0.6) is 0 Å². The van der Waals surface area contributed by atoms with Crippen molar-refractivity contribution in [3.63, 3.8) is 0 Å². The minimum Gasteiger partial charge on any atom is -0.399 e. The topological polar surface area (TPSA) is 62.6 Å². The average molecular weight is 402 g/mol. The van der Waals surface area contributed by atoms with Gasteiger partial charge in [0.25, 0.3) is 0 Å². The summed E-state index contributed by atoms with van der Waals surface area (Å²) in [7, 11) is -1.61. The number of rotatable bonds is 7. The quantitative estimate of drug-likeness (QED) is 0.403. The van der Waals surface area contributed by atoms with Crippen LogP contribution in [0.3, 0.4) is 0 Å². The maximum absolute atomic E-state index is 11.8. The number of hydrogen-bond donors (Lipinski definition) is 0. The number of aromatic nitrogens is 2. The summed E-state index contributed by atoms with van der Waals surface area (Å²) in [5, 5.41) is 5.32. The number of fused-ring (bicyclic) bond motifs is 1. The van der Waals surface area contributed by atoms with E-state index in [2.05, 4.69) is 24.7 Å². The van der Waals surface area contributed by atoms with Crippen molar-refractivity contribution in [1.82, 2.24) is 9.78 Å². The van der Waals surface area contributed by atoms with Gasteiger partial charge >= 0.3 is 7.12 Å². The van der Waals surface area contributed by atoms with Crippen LogP contribution in [-0.2, 0) is 20.8 Å². The molecule has 1 aromatic heterocycles. The largest absolute Gasteiger partial charge is 0.494 e. The van der Waals surface area contributed by atoms with E-state index in [9.17, 15) is 4.79 Å². The maximum Gasteiger partial charge on any atom is 0.494 e. The first-order valence-electron chi connectivity index (χ1n) is 9.83. The highest BCUT2D eigenvalue weighted by Crippen LogP contribution is 2.36. The molecule has 0 amide bonds. The van der Waals surface area contributed by atoms with Gasteiger partial charge in [0.05, 0.1) is 16.7 Å². The van der Waals surface area contributed by atoms with Gasteiger partial charge in [-0.3, -0.25) is 4.79 Å². The smallest absolute Gasteiger partial charge is 0.399 e. The van der Waals surface area contributed by atoms with Gasteiger partial charge in [-0.25, -0.2) is 4.68 Å². The Morgan fingerprint density at radius 2 is 1.82 bits per heavy atom. The maximum atomic E-state index is 11.8. The van der Waals surface area contributed by atoms with Crippen LogP contribution in [0.1, 0.15) is 38.2 Å². The zero-order valence-corrected chi connectivity index (χ0v) is 19.0.